The number of nitrogens with zero attached hydrogens (tertiary/aromatic N) is 2. The van der Waals surface area contributed by atoms with Gasteiger partial charge >= 0.3 is 0 Å². The van der Waals surface area contributed by atoms with Crippen LogP contribution in [0.4, 0.5) is 17.2 Å². The average molecular weight is 401 g/mol. The molecule has 1 fully saturated rings. The monoisotopic (exact) mass is 400 g/mol. The normalized spacial score (nSPS) is 14.1. The number of amides is 2. The van der Waals surface area contributed by atoms with Gasteiger partial charge in [-0.05, 0) is 49.6 Å². The van der Waals surface area contributed by atoms with Gasteiger partial charge in [0.25, 0.3) is 5.91 Å². The first-order valence-electron chi connectivity index (χ1n) is 9.57. The van der Waals surface area contributed by atoms with Crippen molar-refractivity contribution in [2.24, 2.45) is 5.92 Å². The van der Waals surface area contributed by atoms with Crippen molar-refractivity contribution < 1.29 is 9.59 Å². The summed E-state index contributed by atoms with van der Waals surface area (Å²) in [7, 11) is 0. The molecule has 3 rings (SSSR count). The Balaban J connectivity index is 1.66. The van der Waals surface area contributed by atoms with Gasteiger partial charge in [-0.25, -0.2) is 4.98 Å². The molecule has 2 aromatic rings. The fourth-order valence-electron chi connectivity index (χ4n) is 2.99. The molecule has 0 spiro atoms. The SMILES string of the molecule is CC(C)C(=O)Nc1ccc(Nc2ncc(C(=O)N3CCCCC3)cc2Cl)cc1. The number of pyridine rings is 1. The van der Waals surface area contributed by atoms with Crippen molar-refractivity contribution in [3.05, 3.63) is 47.1 Å². The summed E-state index contributed by atoms with van der Waals surface area (Å²) < 4.78 is 0. The number of benzene rings is 1. The number of aromatic nitrogens is 1. The molecule has 0 saturated carbocycles. The van der Waals surface area contributed by atoms with E-state index in [4.69, 9.17) is 11.6 Å². The van der Waals surface area contributed by atoms with E-state index in [2.05, 4.69) is 15.6 Å². The molecular formula is C21H25ClN4O2. The van der Waals surface area contributed by atoms with Crippen molar-refractivity contribution in [3.8, 4) is 0 Å². The molecule has 2 heterocycles. The molecular weight excluding hydrogens is 376 g/mol. The number of hydrogen-bond acceptors (Lipinski definition) is 4. The van der Waals surface area contributed by atoms with E-state index in [0.717, 1.165) is 37.3 Å². The van der Waals surface area contributed by atoms with Crippen LogP contribution in [0.15, 0.2) is 36.5 Å². The number of carbonyl (C=O) groups excluding carboxylic acids is 2. The molecule has 28 heavy (non-hydrogen) atoms. The van der Waals surface area contributed by atoms with Crippen LogP contribution in [-0.4, -0.2) is 34.8 Å². The van der Waals surface area contributed by atoms with Gasteiger partial charge in [0, 0.05) is 36.6 Å². The second-order valence-electron chi connectivity index (χ2n) is 7.25. The first kappa shape index (κ1) is 20.1. The molecule has 1 aromatic carbocycles. The van der Waals surface area contributed by atoms with E-state index in [9.17, 15) is 9.59 Å². The summed E-state index contributed by atoms with van der Waals surface area (Å²) in [5.74, 6) is 0.355. The third-order valence-electron chi connectivity index (χ3n) is 4.67. The molecule has 1 saturated heterocycles. The van der Waals surface area contributed by atoms with Crippen LogP contribution in [-0.2, 0) is 4.79 Å². The number of piperidine rings is 1. The number of likely N-dealkylation sites (tertiary alicyclic amines) is 1. The first-order valence-corrected chi connectivity index (χ1v) is 9.94. The predicted molar refractivity (Wildman–Crippen MR) is 112 cm³/mol. The van der Waals surface area contributed by atoms with Crippen LogP contribution in [0.5, 0.6) is 0 Å². The number of nitrogens with one attached hydrogen (secondary N) is 2. The van der Waals surface area contributed by atoms with E-state index in [1.807, 2.05) is 43.0 Å². The highest BCUT2D eigenvalue weighted by Crippen LogP contribution is 2.26. The summed E-state index contributed by atoms with van der Waals surface area (Å²) in [5, 5.41) is 6.37. The number of carbonyl (C=O) groups is 2. The van der Waals surface area contributed by atoms with E-state index in [1.165, 1.54) is 6.42 Å². The van der Waals surface area contributed by atoms with Gasteiger partial charge in [-0.3, -0.25) is 9.59 Å². The van der Waals surface area contributed by atoms with Crippen LogP contribution in [0.25, 0.3) is 0 Å². The van der Waals surface area contributed by atoms with Crippen LogP contribution >= 0.6 is 11.6 Å². The number of hydrogen-bond donors (Lipinski definition) is 2. The largest absolute Gasteiger partial charge is 0.339 e. The lowest BCUT2D eigenvalue weighted by Gasteiger charge is -2.26. The molecule has 0 aliphatic carbocycles. The topological polar surface area (TPSA) is 74.3 Å². The highest BCUT2D eigenvalue weighted by Gasteiger charge is 2.19. The molecule has 1 aliphatic rings. The zero-order valence-electron chi connectivity index (χ0n) is 16.2. The lowest BCUT2D eigenvalue weighted by Crippen LogP contribution is -2.35. The van der Waals surface area contributed by atoms with Gasteiger partial charge < -0.3 is 15.5 Å². The van der Waals surface area contributed by atoms with Crippen molar-refractivity contribution in [2.45, 2.75) is 33.1 Å². The van der Waals surface area contributed by atoms with Crippen LogP contribution in [0.1, 0.15) is 43.5 Å². The minimum Gasteiger partial charge on any atom is -0.339 e. The summed E-state index contributed by atoms with van der Waals surface area (Å²) in [4.78, 5) is 30.5. The van der Waals surface area contributed by atoms with Crippen LogP contribution in [0.2, 0.25) is 5.02 Å². The fourth-order valence-corrected chi connectivity index (χ4v) is 3.20. The molecule has 1 aromatic heterocycles. The van der Waals surface area contributed by atoms with Gasteiger partial charge in [0.05, 0.1) is 10.6 Å². The van der Waals surface area contributed by atoms with Gasteiger partial charge in [-0.2, -0.15) is 0 Å². The molecule has 2 amide bonds. The maximum atomic E-state index is 12.6. The van der Waals surface area contributed by atoms with Crippen molar-refractivity contribution in [1.82, 2.24) is 9.88 Å². The first-order chi connectivity index (χ1) is 13.4. The lowest BCUT2D eigenvalue weighted by molar-refractivity contribution is -0.118. The van der Waals surface area contributed by atoms with E-state index in [1.54, 1.807) is 12.3 Å². The quantitative estimate of drug-likeness (QED) is 0.762. The van der Waals surface area contributed by atoms with Crippen molar-refractivity contribution >= 4 is 40.6 Å². The Morgan fingerprint density at radius 2 is 1.71 bits per heavy atom. The van der Waals surface area contributed by atoms with Gasteiger partial charge in [-0.1, -0.05) is 25.4 Å². The van der Waals surface area contributed by atoms with Crippen molar-refractivity contribution in [1.29, 1.82) is 0 Å². The Morgan fingerprint density at radius 1 is 1.07 bits per heavy atom. The second-order valence-corrected chi connectivity index (χ2v) is 7.66. The van der Waals surface area contributed by atoms with Crippen molar-refractivity contribution in [3.63, 3.8) is 0 Å². The summed E-state index contributed by atoms with van der Waals surface area (Å²) in [5.41, 5.74) is 2.02. The minimum absolute atomic E-state index is 0.0223. The fraction of sp³-hybridized carbons (Fsp3) is 0.381. The molecule has 0 unspecified atom stereocenters. The molecule has 2 N–H and O–H groups in total. The van der Waals surface area contributed by atoms with Crippen LogP contribution < -0.4 is 10.6 Å². The van der Waals surface area contributed by atoms with E-state index in [0.29, 0.717) is 16.4 Å². The third-order valence-corrected chi connectivity index (χ3v) is 4.96. The Morgan fingerprint density at radius 3 is 2.32 bits per heavy atom. The highest BCUT2D eigenvalue weighted by atomic mass is 35.5. The second kappa shape index (κ2) is 9.06. The summed E-state index contributed by atoms with van der Waals surface area (Å²) in [6.45, 7) is 5.27. The maximum Gasteiger partial charge on any atom is 0.255 e. The highest BCUT2D eigenvalue weighted by molar-refractivity contribution is 6.33. The molecule has 0 atom stereocenters. The average Bonchev–Trinajstić information content (AvgIpc) is 2.71. The van der Waals surface area contributed by atoms with Gasteiger partial charge in [0.2, 0.25) is 5.91 Å². The van der Waals surface area contributed by atoms with Gasteiger partial charge in [0.1, 0.15) is 5.82 Å². The summed E-state index contributed by atoms with van der Waals surface area (Å²) in [6, 6.07) is 8.95. The Kier molecular flexibility index (Phi) is 6.52. The van der Waals surface area contributed by atoms with E-state index >= 15 is 0 Å². The third kappa shape index (κ3) is 5.01. The molecule has 6 nitrogen and oxygen atoms in total. The molecule has 0 bridgehead atoms. The Labute approximate surface area is 170 Å². The number of anilines is 3. The molecule has 7 heteroatoms. The van der Waals surface area contributed by atoms with Crippen LogP contribution in [0.3, 0.4) is 0 Å². The standard InChI is InChI=1S/C21H25ClN4O2/c1-14(2)20(27)25-17-8-6-16(7-9-17)24-19-18(22)12-15(13-23-19)21(28)26-10-4-3-5-11-26/h6-9,12-14H,3-5,10-11H2,1-2H3,(H,23,24)(H,25,27). The molecule has 148 valence electrons. The smallest absolute Gasteiger partial charge is 0.255 e. The zero-order chi connectivity index (χ0) is 20.1. The van der Waals surface area contributed by atoms with E-state index < -0.39 is 0 Å². The summed E-state index contributed by atoms with van der Waals surface area (Å²) in [6.07, 6.45) is 4.81. The molecule has 1 aliphatic heterocycles. The Bertz CT molecular complexity index is 846. The van der Waals surface area contributed by atoms with Gasteiger partial charge in [0.15, 0.2) is 0 Å². The Hall–Kier alpha value is -2.60. The zero-order valence-corrected chi connectivity index (χ0v) is 16.9. The lowest BCUT2D eigenvalue weighted by atomic mass is 10.1. The molecule has 0 radical (unpaired) electrons. The minimum atomic E-state index is -0.0769. The van der Waals surface area contributed by atoms with E-state index in [-0.39, 0.29) is 17.7 Å². The number of rotatable bonds is 5. The predicted octanol–water partition coefficient (Wildman–Crippen LogP) is 4.70. The van der Waals surface area contributed by atoms with Gasteiger partial charge in [-0.15, -0.1) is 0 Å². The maximum absolute atomic E-state index is 12.6. The summed E-state index contributed by atoms with van der Waals surface area (Å²) >= 11 is 6.34. The number of halogens is 1. The van der Waals surface area contributed by atoms with Crippen LogP contribution in [0, 0.1) is 5.92 Å². The van der Waals surface area contributed by atoms with Crippen molar-refractivity contribution in [2.75, 3.05) is 23.7 Å².